The second-order valence-electron chi connectivity index (χ2n) is 5.19. The molecule has 1 aliphatic heterocycles. The molecule has 0 bridgehead atoms. The van der Waals surface area contributed by atoms with Crippen molar-refractivity contribution in [2.45, 2.75) is 44.3 Å². The van der Waals surface area contributed by atoms with Crippen LogP contribution in [0, 0.1) is 5.92 Å². The number of aliphatic carboxylic acids is 1. The summed E-state index contributed by atoms with van der Waals surface area (Å²) in [5.41, 5.74) is 0. The molecule has 0 radical (unpaired) electrons. The van der Waals surface area contributed by atoms with Gasteiger partial charge in [0, 0.05) is 12.2 Å². The fraction of sp³-hybridized carbons (Fsp3) is 0.909. The fourth-order valence-corrected chi connectivity index (χ4v) is 5.96. The Morgan fingerprint density at radius 2 is 2.00 bits per heavy atom. The predicted octanol–water partition coefficient (Wildman–Crippen LogP) is 2.14. The Morgan fingerprint density at radius 1 is 1.43 bits per heavy atom. The maximum absolute atomic E-state index is 12.2. The first-order valence-corrected chi connectivity index (χ1v) is 9.04. The Hall–Kier alpha value is -0.480. The third-order valence-electron chi connectivity index (χ3n) is 3.02. The normalized spacial score (nSPS) is 24.7. The highest BCUT2D eigenvalue weighted by molar-refractivity contribution is 8.01. The van der Waals surface area contributed by atoms with Crippen molar-refractivity contribution in [1.82, 2.24) is 4.31 Å². The Kier molecular flexibility index (Phi) is 5.96. The van der Waals surface area contributed by atoms with Crippen LogP contribution in [-0.2, 0) is 14.8 Å². The molecule has 0 spiro atoms. The Morgan fingerprint density at radius 3 is 2.43 bits per heavy atom. The number of carboxylic acid groups (broad SMARTS) is 1. The van der Waals surface area contributed by atoms with Gasteiger partial charge in [0.15, 0.2) is 0 Å². The zero-order valence-electron chi connectivity index (χ0n) is 11.6. The summed E-state index contributed by atoms with van der Waals surface area (Å²) < 4.78 is 61.7. The summed E-state index contributed by atoms with van der Waals surface area (Å²) >= 11 is 1.20. The molecule has 1 heterocycles. The van der Waals surface area contributed by atoms with E-state index in [1.807, 2.05) is 0 Å². The molecule has 1 aliphatic rings. The lowest BCUT2D eigenvalue weighted by Crippen LogP contribution is -2.48. The maximum atomic E-state index is 12.2. The molecule has 124 valence electrons. The van der Waals surface area contributed by atoms with Crippen molar-refractivity contribution in [3.05, 3.63) is 0 Å². The summed E-state index contributed by atoms with van der Waals surface area (Å²) in [5.74, 6) is -1.99. The molecule has 1 N–H and O–H groups in total. The highest BCUT2D eigenvalue weighted by Crippen LogP contribution is 2.37. The Bertz CT molecular complexity index is 478. The van der Waals surface area contributed by atoms with Gasteiger partial charge in [-0.15, -0.1) is 11.8 Å². The number of carboxylic acids is 1. The summed E-state index contributed by atoms with van der Waals surface area (Å²) in [6, 6.07) is -1.21. The van der Waals surface area contributed by atoms with E-state index >= 15 is 0 Å². The van der Waals surface area contributed by atoms with Crippen LogP contribution in [0.3, 0.4) is 0 Å². The summed E-state index contributed by atoms with van der Waals surface area (Å²) in [4.78, 5) is 11.2. The van der Waals surface area contributed by atoms with Crippen molar-refractivity contribution in [2.24, 2.45) is 5.92 Å². The van der Waals surface area contributed by atoms with Gasteiger partial charge in [-0.25, -0.2) is 8.42 Å². The average Bonchev–Trinajstić information content (AvgIpc) is 2.71. The number of nitrogens with zero attached hydrogens (tertiary/aromatic N) is 1. The monoisotopic (exact) mass is 349 g/mol. The molecule has 5 nitrogen and oxygen atoms in total. The number of halogens is 3. The van der Waals surface area contributed by atoms with Crippen molar-refractivity contribution in [1.29, 1.82) is 0 Å². The van der Waals surface area contributed by atoms with Crippen LogP contribution in [-0.4, -0.2) is 52.9 Å². The first kappa shape index (κ1) is 18.6. The third-order valence-corrected chi connectivity index (χ3v) is 6.71. The van der Waals surface area contributed by atoms with Gasteiger partial charge < -0.3 is 5.11 Å². The molecule has 0 amide bonds. The molecular formula is C11H18F3NO4S2. The zero-order valence-corrected chi connectivity index (χ0v) is 13.3. The van der Waals surface area contributed by atoms with E-state index in [0.717, 1.165) is 4.31 Å². The second-order valence-corrected chi connectivity index (χ2v) is 8.33. The number of alkyl halides is 3. The molecule has 2 unspecified atom stereocenters. The van der Waals surface area contributed by atoms with Crippen molar-refractivity contribution in [3.8, 4) is 0 Å². The topological polar surface area (TPSA) is 74.7 Å². The van der Waals surface area contributed by atoms with E-state index < -0.39 is 52.2 Å². The van der Waals surface area contributed by atoms with E-state index in [0.29, 0.717) is 0 Å². The van der Waals surface area contributed by atoms with Gasteiger partial charge in [-0.3, -0.25) is 4.79 Å². The molecule has 10 heteroatoms. The van der Waals surface area contributed by atoms with E-state index in [-0.39, 0.29) is 11.7 Å². The molecule has 0 aromatic rings. The molecule has 2 atom stereocenters. The van der Waals surface area contributed by atoms with E-state index in [1.54, 1.807) is 13.8 Å². The van der Waals surface area contributed by atoms with Crippen LogP contribution >= 0.6 is 11.8 Å². The summed E-state index contributed by atoms with van der Waals surface area (Å²) in [6.07, 6.45) is -6.18. The number of thioether (sulfide) groups is 1. The standard InChI is InChI=1S/C11H18F3NO4S2/c1-7(2)9-15(8(6-20-9)10(16)17)21(18,19)5-3-4-11(12,13)14/h7-9H,3-6H2,1-2H3,(H,16,17). The molecule has 0 aliphatic carbocycles. The number of hydrogen-bond acceptors (Lipinski definition) is 4. The van der Waals surface area contributed by atoms with Crippen LogP contribution in [0.2, 0.25) is 0 Å². The van der Waals surface area contributed by atoms with Crippen LogP contribution in [0.4, 0.5) is 13.2 Å². The van der Waals surface area contributed by atoms with Crippen LogP contribution < -0.4 is 0 Å². The van der Waals surface area contributed by atoms with Crippen LogP contribution in [0.1, 0.15) is 26.7 Å². The molecule has 1 rings (SSSR count). The van der Waals surface area contributed by atoms with Crippen molar-refractivity contribution in [2.75, 3.05) is 11.5 Å². The van der Waals surface area contributed by atoms with Gasteiger partial charge in [-0.2, -0.15) is 17.5 Å². The Balaban J connectivity index is 2.87. The number of carbonyl (C=O) groups is 1. The summed E-state index contributed by atoms with van der Waals surface area (Å²) in [6.45, 7) is 3.50. The lowest BCUT2D eigenvalue weighted by Gasteiger charge is -2.28. The van der Waals surface area contributed by atoms with Gasteiger partial charge in [0.1, 0.15) is 6.04 Å². The zero-order chi connectivity index (χ0) is 16.4. The molecule has 0 aromatic heterocycles. The molecule has 21 heavy (non-hydrogen) atoms. The van der Waals surface area contributed by atoms with E-state index in [4.69, 9.17) is 5.11 Å². The van der Waals surface area contributed by atoms with Crippen molar-refractivity contribution >= 4 is 27.8 Å². The van der Waals surface area contributed by atoms with Gasteiger partial charge in [0.05, 0.1) is 11.1 Å². The Labute approximate surface area is 125 Å². The highest BCUT2D eigenvalue weighted by atomic mass is 32.2. The van der Waals surface area contributed by atoms with Gasteiger partial charge in [-0.1, -0.05) is 13.8 Å². The number of rotatable bonds is 6. The van der Waals surface area contributed by atoms with Gasteiger partial charge in [0.25, 0.3) is 0 Å². The SMILES string of the molecule is CC(C)C1SCC(C(=O)O)N1S(=O)(=O)CCCC(F)(F)F. The van der Waals surface area contributed by atoms with Crippen LogP contribution in [0.15, 0.2) is 0 Å². The molecule has 0 aromatic carbocycles. The van der Waals surface area contributed by atoms with Crippen LogP contribution in [0.25, 0.3) is 0 Å². The number of hydrogen-bond donors (Lipinski definition) is 1. The van der Waals surface area contributed by atoms with Crippen molar-refractivity contribution in [3.63, 3.8) is 0 Å². The highest BCUT2D eigenvalue weighted by Gasteiger charge is 2.46. The molecule has 1 saturated heterocycles. The van der Waals surface area contributed by atoms with E-state index in [2.05, 4.69) is 0 Å². The average molecular weight is 349 g/mol. The number of sulfonamides is 1. The quantitative estimate of drug-likeness (QED) is 0.795. The fourth-order valence-electron chi connectivity index (χ4n) is 2.09. The predicted molar refractivity (Wildman–Crippen MR) is 73.4 cm³/mol. The smallest absolute Gasteiger partial charge is 0.389 e. The second kappa shape index (κ2) is 6.74. The third kappa shape index (κ3) is 5.03. The molecule has 1 fully saturated rings. The largest absolute Gasteiger partial charge is 0.480 e. The maximum Gasteiger partial charge on any atom is 0.389 e. The van der Waals surface area contributed by atoms with E-state index in [1.165, 1.54) is 11.8 Å². The summed E-state index contributed by atoms with van der Waals surface area (Å²) in [7, 11) is -4.04. The molecule has 0 saturated carbocycles. The van der Waals surface area contributed by atoms with Crippen LogP contribution in [0.5, 0.6) is 0 Å². The van der Waals surface area contributed by atoms with Gasteiger partial charge in [-0.05, 0) is 12.3 Å². The van der Waals surface area contributed by atoms with Gasteiger partial charge in [0.2, 0.25) is 10.0 Å². The lowest BCUT2D eigenvalue weighted by molar-refractivity contribution is -0.140. The summed E-state index contributed by atoms with van der Waals surface area (Å²) in [5, 5.41) is 8.55. The minimum Gasteiger partial charge on any atom is -0.480 e. The lowest BCUT2D eigenvalue weighted by atomic mass is 10.2. The molecular weight excluding hydrogens is 331 g/mol. The van der Waals surface area contributed by atoms with E-state index in [9.17, 15) is 26.4 Å². The first-order valence-electron chi connectivity index (χ1n) is 6.38. The van der Waals surface area contributed by atoms with Gasteiger partial charge >= 0.3 is 12.1 Å². The minimum atomic E-state index is -4.42. The van der Waals surface area contributed by atoms with Crippen molar-refractivity contribution < 1.29 is 31.5 Å². The first-order chi connectivity index (χ1) is 9.46. The minimum absolute atomic E-state index is 0.108.